The summed E-state index contributed by atoms with van der Waals surface area (Å²) in [7, 11) is 0. The van der Waals surface area contributed by atoms with Gasteiger partial charge in [0, 0.05) is 22.2 Å². The first kappa shape index (κ1) is 15.8. The molecule has 1 heterocycles. The second-order valence-electron chi connectivity index (χ2n) is 5.33. The van der Waals surface area contributed by atoms with Crippen molar-refractivity contribution in [1.82, 2.24) is 0 Å². The molecule has 0 spiro atoms. The maximum absolute atomic E-state index is 12.3. The minimum Gasteiger partial charge on any atom is -0.397 e. The lowest BCUT2D eigenvalue weighted by Gasteiger charge is -2.08. The number of para-hydroxylation sites is 2. The van der Waals surface area contributed by atoms with Gasteiger partial charge in [0.15, 0.2) is 0 Å². The molecule has 3 N–H and O–H groups in total. The van der Waals surface area contributed by atoms with E-state index in [9.17, 15) is 4.79 Å². The molecule has 0 saturated heterocycles. The summed E-state index contributed by atoms with van der Waals surface area (Å²) in [5.74, 6) is -0.192. The van der Waals surface area contributed by atoms with Gasteiger partial charge in [0.05, 0.1) is 16.9 Å². The number of nitrogens with zero attached hydrogens (tertiary/aromatic N) is 1. The van der Waals surface area contributed by atoms with E-state index in [1.165, 1.54) is 0 Å². The van der Waals surface area contributed by atoms with Gasteiger partial charge in [-0.2, -0.15) is 5.26 Å². The lowest BCUT2D eigenvalue weighted by molar-refractivity contribution is 0.102. The molecule has 0 aliphatic heterocycles. The smallest absolute Gasteiger partial charge is 0.255 e. The number of hydrogen-bond acceptors (Lipinski definition) is 4. The predicted molar refractivity (Wildman–Crippen MR) is 97.1 cm³/mol. The molecule has 1 amide bonds. The second kappa shape index (κ2) is 6.99. The summed E-state index contributed by atoms with van der Waals surface area (Å²) in [6.07, 6.45) is 0.750. The van der Waals surface area contributed by atoms with Crippen molar-refractivity contribution in [3.05, 3.63) is 81.5 Å². The summed E-state index contributed by atoms with van der Waals surface area (Å²) >= 11 is 1.57. The fourth-order valence-electron chi connectivity index (χ4n) is 2.31. The van der Waals surface area contributed by atoms with Crippen LogP contribution in [0.1, 0.15) is 26.4 Å². The molecular weight excluding hydrogens is 318 g/mol. The van der Waals surface area contributed by atoms with Gasteiger partial charge in [0.25, 0.3) is 5.91 Å². The quantitative estimate of drug-likeness (QED) is 0.707. The normalized spacial score (nSPS) is 10.1. The van der Waals surface area contributed by atoms with Crippen LogP contribution in [0.3, 0.4) is 0 Å². The van der Waals surface area contributed by atoms with Gasteiger partial charge < -0.3 is 11.1 Å². The highest BCUT2D eigenvalue weighted by molar-refractivity contribution is 7.10. The van der Waals surface area contributed by atoms with Crippen molar-refractivity contribution in [3.8, 4) is 6.07 Å². The van der Waals surface area contributed by atoms with Crippen LogP contribution >= 0.6 is 11.3 Å². The third-order valence-corrected chi connectivity index (χ3v) is 4.52. The van der Waals surface area contributed by atoms with E-state index in [4.69, 9.17) is 11.0 Å². The van der Waals surface area contributed by atoms with Gasteiger partial charge in [-0.05, 0) is 35.9 Å². The van der Waals surface area contributed by atoms with Crippen molar-refractivity contribution in [2.24, 2.45) is 0 Å². The van der Waals surface area contributed by atoms with Crippen LogP contribution in [0.5, 0.6) is 0 Å². The number of rotatable bonds is 4. The summed E-state index contributed by atoms with van der Waals surface area (Å²) in [4.78, 5) is 13.4. The maximum Gasteiger partial charge on any atom is 0.255 e. The number of benzene rings is 2. The van der Waals surface area contributed by atoms with E-state index in [0.717, 1.165) is 16.9 Å². The van der Waals surface area contributed by atoms with Crippen molar-refractivity contribution in [3.63, 3.8) is 0 Å². The Labute approximate surface area is 144 Å². The topological polar surface area (TPSA) is 78.9 Å². The highest BCUT2D eigenvalue weighted by Gasteiger charge is 2.08. The Morgan fingerprint density at radius 3 is 2.58 bits per heavy atom. The number of thiophene rings is 1. The first-order valence-corrected chi connectivity index (χ1v) is 8.26. The zero-order chi connectivity index (χ0) is 16.9. The first-order valence-electron chi connectivity index (χ1n) is 7.38. The molecule has 2 aromatic carbocycles. The Bertz CT molecular complexity index is 907. The van der Waals surface area contributed by atoms with Gasteiger partial charge >= 0.3 is 0 Å². The zero-order valence-corrected chi connectivity index (χ0v) is 13.6. The van der Waals surface area contributed by atoms with Gasteiger partial charge in [-0.1, -0.05) is 24.3 Å². The van der Waals surface area contributed by atoms with Crippen LogP contribution in [0.15, 0.2) is 60.0 Å². The fourth-order valence-corrected chi connectivity index (χ4v) is 3.16. The van der Waals surface area contributed by atoms with Crippen molar-refractivity contribution in [2.75, 3.05) is 11.1 Å². The van der Waals surface area contributed by atoms with Crippen LogP contribution in [-0.4, -0.2) is 5.91 Å². The largest absolute Gasteiger partial charge is 0.397 e. The second-order valence-corrected chi connectivity index (χ2v) is 6.32. The molecular formula is C19H15N3OS. The van der Waals surface area contributed by atoms with Crippen LogP contribution in [-0.2, 0) is 6.42 Å². The third-order valence-electron chi connectivity index (χ3n) is 3.59. The van der Waals surface area contributed by atoms with Crippen LogP contribution in [0.25, 0.3) is 0 Å². The third kappa shape index (κ3) is 3.62. The van der Waals surface area contributed by atoms with Crippen molar-refractivity contribution >= 4 is 28.6 Å². The van der Waals surface area contributed by atoms with E-state index in [-0.39, 0.29) is 5.91 Å². The molecule has 5 heteroatoms. The number of nitrogens with one attached hydrogen (secondary N) is 1. The van der Waals surface area contributed by atoms with Crippen LogP contribution in [0, 0.1) is 11.3 Å². The van der Waals surface area contributed by atoms with Crippen LogP contribution in [0.4, 0.5) is 11.4 Å². The van der Waals surface area contributed by atoms with Gasteiger partial charge in [0.1, 0.15) is 6.07 Å². The maximum atomic E-state index is 12.3. The average Bonchev–Trinajstić information content (AvgIpc) is 3.05. The highest BCUT2D eigenvalue weighted by Crippen LogP contribution is 2.20. The number of nitrogens with two attached hydrogens (primary N) is 1. The minimum atomic E-state index is -0.192. The Morgan fingerprint density at radius 1 is 1.17 bits per heavy atom. The molecule has 0 bridgehead atoms. The zero-order valence-electron chi connectivity index (χ0n) is 12.8. The van der Waals surface area contributed by atoms with E-state index < -0.39 is 0 Å². The molecule has 3 rings (SSSR count). The number of amides is 1. The monoisotopic (exact) mass is 333 g/mol. The summed E-state index contributed by atoms with van der Waals surface area (Å²) in [6, 6.07) is 18.6. The Kier molecular flexibility index (Phi) is 4.59. The summed E-state index contributed by atoms with van der Waals surface area (Å²) in [5, 5.41) is 13.5. The fraction of sp³-hybridized carbons (Fsp3) is 0.0526. The predicted octanol–water partition coefficient (Wildman–Crippen LogP) is 4.05. The Balaban J connectivity index is 1.69. The number of anilines is 2. The SMILES string of the molecule is N#Cc1csc(Cc2ccc(C(=O)Nc3ccccc3N)cc2)c1. The molecule has 118 valence electrons. The Morgan fingerprint density at radius 2 is 1.92 bits per heavy atom. The molecule has 0 aliphatic rings. The van der Waals surface area contributed by atoms with Gasteiger partial charge in [-0.15, -0.1) is 11.3 Å². The number of hydrogen-bond donors (Lipinski definition) is 2. The first-order chi connectivity index (χ1) is 11.7. The van der Waals surface area contributed by atoms with E-state index in [0.29, 0.717) is 22.5 Å². The van der Waals surface area contributed by atoms with E-state index in [1.807, 2.05) is 35.7 Å². The lowest BCUT2D eigenvalue weighted by Crippen LogP contribution is -2.13. The number of nitriles is 1. The van der Waals surface area contributed by atoms with Crippen LogP contribution < -0.4 is 11.1 Å². The van der Waals surface area contributed by atoms with E-state index in [2.05, 4.69) is 11.4 Å². The van der Waals surface area contributed by atoms with Crippen molar-refractivity contribution < 1.29 is 4.79 Å². The molecule has 4 nitrogen and oxygen atoms in total. The average molecular weight is 333 g/mol. The van der Waals surface area contributed by atoms with Crippen molar-refractivity contribution in [1.29, 1.82) is 5.26 Å². The van der Waals surface area contributed by atoms with Gasteiger partial charge in [-0.25, -0.2) is 0 Å². The lowest BCUT2D eigenvalue weighted by atomic mass is 10.1. The van der Waals surface area contributed by atoms with Gasteiger partial charge in [0.2, 0.25) is 0 Å². The number of nitrogen functional groups attached to an aromatic ring is 1. The Hall–Kier alpha value is -3.10. The molecule has 0 aliphatic carbocycles. The molecule has 0 radical (unpaired) electrons. The van der Waals surface area contributed by atoms with E-state index >= 15 is 0 Å². The molecule has 0 unspecified atom stereocenters. The standard InChI is InChI=1S/C19H15N3OS/c20-11-14-10-16(24-12-14)9-13-5-7-15(8-6-13)19(23)22-18-4-2-1-3-17(18)21/h1-8,10,12H,9,21H2,(H,22,23). The van der Waals surface area contributed by atoms with Crippen LogP contribution in [0.2, 0.25) is 0 Å². The summed E-state index contributed by atoms with van der Waals surface area (Å²) in [6.45, 7) is 0. The molecule has 1 aromatic heterocycles. The summed E-state index contributed by atoms with van der Waals surface area (Å²) < 4.78 is 0. The molecule has 0 saturated carbocycles. The number of carbonyl (C=O) groups excluding carboxylic acids is 1. The van der Waals surface area contributed by atoms with E-state index in [1.54, 1.807) is 35.6 Å². The minimum absolute atomic E-state index is 0.192. The molecule has 3 aromatic rings. The van der Waals surface area contributed by atoms with Gasteiger partial charge in [-0.3, -0.25) is 4.79 Å². The van der Waals surface area contributed by atoms with Crippen molar-refractivity contribution in [2.45, 2.75) is 6.42 Å². The number of carbonyl (C=O) groups is 1. The molecule has 24 heavy (non-hydrogen) atoms. The summed E-state index contributed by atoms with van der Waals surface area (Å²) in [5.41, 5.74) is 9.33. The molecule has 0 fully saturated rings. The highest BCUT2D eigenvalue weighted by atomic mass is 32.1. The molecule has 0 atom stereocenters.